The summed E-state index contributed by atoms with van der Waals surface area (Å²) < 4.78 is 5.71. The lowest BCUT2D eigenvalue weighted by molar-refractivity contribution is -0.140. The SMILES string of the molecule is CCCCCc1ccc(OC(=O)C2CCC(C=CC3CCC(CCCCC)CC3)CC2)cc1. The van der Waals surface area contributed by atoms with Crippen molar-refractivity contribution in [3.63, 3.8) is 0 Å². The molecule has 2 aliphatic carbocycles. The molecule has 0 spiro atoms. The highest BCUT2D eigenvalue weighted by Gasteiger charge is 2.27. The fourth-order valence-electron chi connectivity index (χ4n) is 5.72. The third-order valence-corrected chi connectivity index (χ3v) is 8.08. The third kappa shape index (κ3) is 9.30. The second kappa shape index (κ2) is 14.6. The molecule has 2 heteroatoms. The Labute approximate surface area is 203 Å². The van der Waals surface area contributed by atoms with Crippen molar-refractivity contribution in [2.24, 2.45) is 23.7 Å². The van der Waals surface area contributed by atoms with E-state index in [0.29, 0.717) is 11.7 Å². The van der Waals surface area contributed by atoms with Crippen LogP contribution in [0.1, 0.15) is 116 Å². The number of ether oxygens (including phenoxy) is 1. The molecule has 0 radical (unpaired) electrons. The van der Waals surface area contributed by atoms with Crippen LogP contribution in [0.3, 0.4) is 0 Å². The van der Waals surface area contributed by atoms with Gasteiger partial charge in [0.25, 0.3) is 0 Å². The molecule has 1 aromatic carbocycles. The zero-order valence-electron chi connectivity index (χ0n) is 21.4. The summed E-state index contributed by atoms with van der Waals surface area (Å²) in [5, 5.41) is 0. The Morgan fingerprint density at radius 1 is 0.788 bits per heavy atom. The Hall–Kier alpha value is -1.57. The first-order valence-electron chi connectivity index (χ1n) is 14.2. The number of hydrogen-bond acceptors (Lipinski definition) is 2. The quantitative estimate of drug-likeness (QED) is 0.137. The van der Waals surface area contributed by atoms with Crippen molar-refractivity contribution in [3.05, 3.63) is 42.0 Å². The Morgan fingerprint density at radius 3 is 1.97 bits per heavy atom. The fraction of sp³-hybridized carbons (Fsp3) is 0.710. The molecule has 0 atom stereocenters. The highest BCUT2D eigenvalue weighted by molar-refractivity contribution is 5.75. The topological polar surface area (TPSA) is 26.3 Å². The van der Waals surface area contributed by atoms with Crippen molar-refractivity contribution in [2.75, 3.05) is 0 Å². The van der Waals surface area contributed by atoms with E-state index >= 15 is 0 Å². The van der Waals surface area contributed by atoms with Gasteiger partial charge in [-0.25, -0.2) is 0 Å². The number of hydrogen-bond donors (Lipinski definition) is 0. The number of aryl methyl sites for hydroxylation is 1. The zero-order valence-corrected chi connectivity index (χ0v) is 21.4. The van der Waals surface area contributed by atoms with E-state index in [4.69, 9.17) is 4.74 Å². The van der Waals surface area contributed by atoms with Gasteiger partial charge in [-0.1, -0.05) is 76.7 Å². The predicted molar refractivity (Wildman–Crippen MR) is 139 cm³/mol. The standard InChI is InChI=1S/C31H48O2/c1-3-5-7-9-25-11-13-27(14-12-25)15-16-28-17-21-29(22-18-28)31(32)33-30-23-19-26(20-24-30)10-8-6-4-2/h15-16,19-20,23-25,27-29H,3-14,17-18,21-22H2,1-2H3. The molecular formula is C31H48O2. The van der Waals surface area contributed by atoms with Crippen LogP contribution in [-0.2, 0) is 11.2 Å². The van der Waals surface area contributed by atoms with Crippen molar-refractivity contribution in [1.29, 1.82) is 0 Å². The molecule has 0 amide bonds. The van der Waals surface area contributed by atoms with Crippen LogP contribution >= 0.6 is 0 Å². The van der Waals surface area contributed by atoms with E-state index in [9.17, 15) is 4.79 Å². The van der Waals surface area contributed by atoms with E-state index in [2.05, 4.69) is 38.1 Å². The lowest BCUT2D eigenvalue weighted by Crippen LogP contribution is -2.25. The third-order valence-electron chi connectivity index (χ3n) is 8.08. The number of allylic oxidation sites excluding steroid dienone is 2. The molecule has 0 heterocycles. The predicted octanol–water partition coefficient (Wildman–Crippen LogP) is 9.07. The molecule has 2 aliphatic rings. The van der Waals surface area contributed by atoms with Crippen molar-refractivity contribution in [3.8, 4) is 5.75 Å². The van der Waals surface area contributed by atoms with Crippen molar-refractivity contribution < 1.29 is 9.53 Å². The summed E-state index contributed by atoms with van der Waals surface area (Å²) in [7, 11) is 0. The summed E-state index contributed by atoms with van der Waals surface area (Å²) in [4.78, 5) is 12.7. The minimum absolute atomic E-state index is 0.0300. The molecule has 0 aliphatic heterocycles. The van der Waals surface area contributed by atoms with Crippen LogP contribution in [0.25, 0.3) is 0 Å². The summed E-state index contributed by atoms with van der Waals surface area (Å²) >= 11 is 0. The van der Waals surface area contributed by atoms with Gasteiger partial charge in [0.2, 0.25) is 0 Å². The molecule has 2 saturated carbocycles. The van der Waals surface area contributed by atoms with Gasteiger partial charge >= 0.3 is 5.97 Å². The minimum Gasteiger partial charge on any atom is -0.426 e. The highest BCUT2D eigenvalue weighted by atomic mass is 16.5. The lowest BCUT2D eigenvalue weighted by atomic mass is 9.78. The first kappa shape index (κ1) is 26.0. The molecule has 33 heavy (non-hydrogen) atoms. The summed E-state index contributed by atoms with van der Waals surface area (Å²) in [6.45, 7) is 4.53. The summed E-state index contributed by atoms with van der Waals surface area (Å²) in [6, 6.07) is 8.15. The molecule has 2 nitrogen and oxygen atoms in total. The first-order valence-corrected chi connectivity index (χ1v) is 14.2. The smallest absolute Gasteiger partial charge is 0.314 e. The largest absolute Gasteiger partial charge is 0.426 e. The van der Waals surface area contributed by atoms with Crippen LogP contribution in [-0.4, -0.2) is 5.97 Å². The molecule has 2 fully saturated rings. The van der Waals surface area contributed by atoms with Gasteiger partial charge in [-0.05, 0) is 99.7 Å². The van der Waals surface area contributed by atoms with Gasteiger partial charge < -0.3 is 4.74 Å². The first-order chi connectivity index (χ1) is 16.2. The minimum atomic E-state index is -0.0300. The van der Waals surface area contributed by atoms with Gasteiger partial charge in [0.05, 0.1) is 5.92 Å². The molecule has 0 unspecified atom stereocenters. The monoisotopic (exact) mass is 452 g/mol. The van der Waals surface area contributed by atoms with Crippen molar-refractivity contribution >= 4 is 5.97 Å². The average molecular weight is 453 g/mol. The fourth-order valence-corrected chi connectivity index (χ4v) is 5.72. The Bertz CT molecular complexity index is 688. The Morgan fingerprint density at radius 2 is 1.36 bits per heavy atom. The van der Waals surface area contributed by atoms with Crippen LogP contribution in [0.15, 0.2) is 36.4 Å². The lowest BCUT2D eigenvalue weighted by Gasteiger charge is -2.28. The van der Waals surface area contributed by atoms with E-state index in [-0.39, 0.29) is 11.9 Å². The van der Waals surface area contributed by atoms with E-state index in [1.165, 1.54) is 76.2 Å². The van der Waals surface area contributed by atoms with E-state index in [1.807, 2.05) is 12.1 Å². The van der Waals surface area contributed by atoms with E-state index in [0.717, 1.165) is 43.9 Å². The van der Waals surface area contributed by atoms with Gasteiger partial charge in [0, 0.05) is 0 Å². The number of carbonyl (C=O) groups excluding carboxylic acids is 1. The molecule has 184 valence electrons. The molecule has 0 bridgehead atoms. The van der Waals surface area contributed by atoms with Crippen LogP contribution in [0.2, 0.25) is 0 Å². The molecule has 1 aromatic rings. The van der Waals surface area contributed by atoms with Gasteiger partial charge in [0.1, 0.15) is 5.75 Å². The Kier molecular flexibility index (Phi) is 11.6. The number of esters is 1. The second-order valence-corrected chi connectivity index (χ2v) is 10.8. The molecule has 0 N–H and O–H groups in total. The molecule has 0 saturated heterocycles. The van der Waals surface area contributed by atoms with Crippen molar-refractivity contribution in [2.45, 2.75) is 117 Å². The van der Waals surface area contributed by atoms with Crippen LogP contribution in [0, 0.1) is 23.7 Å². The highest BCUT2D eigenvalue weighted by Crippen LogP contribution is 2.35. The normalized spacial score (nSPS) is 25.9. The van der Waals surface area contributed by atoms with Gasteiger partial charge in [-0.15, -0.1) is 0 Å². The van der Waals surface area contributed by atoms with Gasteiger partial charge in [0.15, 0.2) is 0 Å². The average Bonchev–Trinajstić information content (AvgIpc) is 2.85. The van der Waals surface area contributed by atoms with Crippen LogP contribution in [0.5, 0.6) is 5.75 Å². The van der Waals surface area contributed by atoms with Crippen LogP contribution in [0.4, 0.5) is 0 Å². The van der Waals surface area contributed by atoms with E-state index in [1.54, 1.807) is 0 Å². The molecule has 3 rings (SSSR count). The van der Waals surface area contributed by atoms with Gasteiger partial charge in [-0.3, -0.25) is 4.79 Å². The molecular weight excluding hydrogens is 404 g/mol. The summed E-state index contributed by atoms with van der Waals surface area (Å²) in [5.74, 6) is 3.17. The van der Waals surface area contributed by atoms with E-state index < -0.39 is 0 Å². The van der Waals surface area contributed by atoms with Crippen molar-refractivity contribution in [1.82, 2.24) is 0 Å². The molecule has 0 aromatic heterocycles. The second-order valence-electron chi connectivity index (χ2n) is 10.8. The number of benzene rings is 1. The van der Waals surface area contributed by atoms with Gasteiger partial charge in [-0.2, -0.15) is 0 Å². The zero-order chi connectivity index (χ0) is 23.3. The maximum atomic E-state index is 12.7. The number of rotatable bonds is 12. The maximum Gasteiger partial charge on any atom is 0.314 e. The summed E-state index contributed by atoms with van der Waals surface area (Å²) in [5.41, 5.74) is 1.33. The summed E-state index contributed by atoms with van der Waals surface area (Å²) in [6.07, 6.45) is 25.3. The van der Waals surface area contributed by atoms with Crippen LogP contribution < -0.4 is 4.74 Å². The Balaban J connectivity index is 1.33. The number of unbranched alkanes of at least 4 members (excludes halogenated alkanes) is 4. The maximum absolute atomic E-state index is 12.7. The number of carbonyl (C=O) groups is 1.